The summed E-state index contributed by atoms with van der Waals surface area (Å²) in [4.78, 5) is 24.1. The summed E-state index contributed by atoms with van der Waals surface area (Å²) in [6.07, 6.45) is 3.50. The second kappa shape index (κ2) is 8.01. The summed E-state index contributed by atoms with van der Waals surface area (Å²) in [7, 11) is 0. The molecule has 0 saturated heterocycles. The highest BCUT2D eigenvalue weighted by Gasteiger charge is 2.28. The number of esters is 2. The van der Waals surface area contributed by atoms with Gasteiger partial charge in [-0.1, -0.05) is 30.3 Å². The molecule has 1 aliphatic heterocycles. The lowest BCUT2D eigenvalue weighted by molar-refractivity contribution is -0.154. The van der Waals surface area contributed by atoms with E-state index in [1.165, 1.54) is 6.08 Å². The van der Waals surface area contributed by atoms with Crippen molar-refractivity contribution in [2.24, 2.45) is 0 Å². The summed E-state index contributed by atoms with van der Waals surface area (Å²) in [6.45, 7) is 7.38. The normalized spacial score (nSPS) is 19.0. The molecule has 1 atom stereocenters. The van der Waals surface area contributed by atoms with Gasteiger partial charge in [-0.15, -0.1) is 0 Å². The first kappa shape index (κ1) is 18.8. The number of hydrogen-bond donors (Lipinski definition) is 0. The van der Waals surface area contributed by atoms with E-state index in [4.69, 9.17) is 14.2 Å². The number of carbonyl (C=O) groups excluding carboxylic acids is 2. The number of hydrogen-bond acceptors (Lipinski definition) is 5. The van der Waals surface area contributed by atoms with Crippen molar-refractivity contribution in [2.75, 3.05) is 6.61 Å². The summed E-state index contributed by atoms with van der Waals surface area (Å²) in [5.41, 5.74) is 0.396. The molecule has 0 saturated carbocycles. The number of allylic oxidation sites excluding steroid dienone is 2. The maximum atomic E-state index is 12.4. The van der Waals surface area contributed by atoms with Crippen LogP contribution in [0.1, 0.15) is 45.6 Å². The lowest BCUT2D eigenvalue weighted by Gasteiger charge is -2.26. The smallest absolute Gasteiger partial charge is 0.374 e. The van der Waals surface area contributed by atoms with Gasteiger partial charge in [0.15, 0.2) is 0 Å². The maximum Gasteiger partial charge on any atom is 0.374 e. The fraction of sp³-hybridized carbons (Fsp3) is 0.400. The lowest BCUT2D eigenvalue weighted by Crippen LogP contribution is -2.27. The first-order valence-corrected chi connectivity index (χ1v) is 8.34. The first-order chi connectivity index (χ1) is 11.8. The highest BCUT2D eigenvalue weighted by Crippen LogP contribution is 2.33. The fourth-order valence-corrected chi connectivity index (χ4v) is 2.43. The molecule has 1 heterocycles. The fourth-order valence-electron chi connectivity index (χ4n) is 2.43. The molecule has 134 valence electrons. The molecule has 0 spiro atoms. The molecule has 0 bridgehead atoms. The largest absolute Gasteiger partial charge is 0.463 e. The summed E-state index contributed by atoms with van der Waals surface area (Å²) in [5.74, 6) is -0.656. The molecule has 5 heteroatoms. The van der Waals surface area contributed by atoms with Gasteiger partial charge in [-0.25, -0.2) is 9.59 Å². The van der Waals surface area contributed by atoms with Crippen molar-refractivity contribution in [3.8, 4) is 0 Å². The van der Waals surface area contributed by atoms with Crippen molar-refractivity contribution in [3.63, 3.8) is 0 Å². The standard InChI is InChI=1S/C20H24O5/c1-5-23-18(21)13-16-11-15(14-9-7-6-8-10-14)12-17(24-16)19(22)25-20(2,3)4/h6-10,12-13,15H,5,11H2,1-4H3/b16-13+/t15-/m0/s1. The van der Waals surface area contributed by atoms with Crippen LogP contribution in [0.15, 0.2) is 54.0 Å². The van der Waals surface area contributed by atoms with Crippen LogP contribution < -0.4 is 0 Å². The van der Waals surface area contributed by atoms with Crippen molar-refractivity contribution in [2.45, 2.75) is 45.6 Å². The van der Waals surface area contributed by atoms with Gasteiger partial charge >= 0.3 is 11.9 Å². The van der Waals surface area contributed by atoms with Crippen LogP contribution in [0.5, 0.6) is 0 Å². The van der Waals surface area contributed by atoms with Gasteiger partial charge in [0.1, 0.15) is 11.4 Å². The molecule has 25 heavy (non-hydrogen) atoms. The molecule has 0 radical (unpaired) electrons. The van der Waals surface area contributed by atoms with E-state index in [9.17, 15) is 9.59 Å². The van der Waals surface area contributed by atoms with E-state index in [1.807, 2.05) is 30.3 Å². The van der Waals surface area contributed by atoms with Crippen molar-refractivity contribution in [1.82, 2.24) is 0 Å². The van der Waals surface area contributed by atoms with Gasteiger partial charge in [0.25, 0.3) is 0 Å². The molecule has 1 aliphatic rings. The van der Waals surface area contributed by atoms with E-state index in [2.05, 4.69) is 0 Å². The minimum Gasteiger partial charge on any atom is -0.463 e. The van der Waals surface area contributed by atoms with Crippen LogP contribution in [0.2, 0.25) is 0 Å². The Kier molecular flexibility index (Phi) is 6.02. The monoisotopic (exact) mass is 344 g/mol. The van der Waals surface area contributed by atoms with Crippen molar-refractivity contribution in [3.05, 3.63) is 59.6 Å². The van der Waals surface area contributed by atoms with Gasteiger partial charge in [0.2, 0.25) is 5.76 Å². The molecule has 0 fully saturated rings. The van der Waals surface area contributed by atoms with Crippen LogP contribution in [0.4, 0.5) is 0 Å². The molecular weight excluding hydrogens is 320 g/mol. The number of carbonyl (C=O) groups is 2. The van der Waals surface area contributed by atoms with Crippen LogP contribution >= 0.6 is 0 Å². The van der Waals surface area contributed by atoms with E-state index in [-0.39, 0.29) is 18.3 Å². The third kappa shape index (κ3) is 5.78. The van der Waals surface area contributed by atoms with Crippen LogP contribution in [0, 0.1) is 0 Å². The molecule has 0 aliphatic carbocycles. The average molecular weight is 344 g/mol. The van der Waals surface area contributed by atoms with Gasteiger partial charge in [0.05, 0.1) is 12.7 Å². The summed E-state index contributed by atoms with van der Waals surface area (Å²) >= 11 is 0. The predicted molar refractivity (Wildman–Crippen MR) is 93.5 cm³/mol. The van der Waals surface area contributed by atoms with Crippen molar-refractivity contribution in [1.29, 1.82) is 0 Å². The molecular formula is C20H24O5. The Labute approximate surface area is 148 Å². The van der Waals surface area contributed by atoms with E-state index in [1.54, 1.807) is 33.8 Å². The van der Waals surface area contributed by atoms with Gasteiger partial charge in [-0.3, -0.25) is 0 Å². The second-order valence-corrected chi connectivity index (χ2v) is 6.72. The van der Waals surface area contributed by atoms with Crippen LogP contribution in [0.3, 0.4) is 0 Å². The van der Waals surface area contributed by atoms with Crippen molar-refractivity contribution < 1.29 is 23.8 Å². The zero-order valence-corrected chi connectivity index (χ0v) is 15.1. The Bertz CT molecular complexity index is 680. The topological polar surface area (TPSA) is 61.8 Å². The third-order valence-electron chi connectivity index (χ3n) is 3.41. The van der Waals surface area contributed by atoms with Crippen molar-refractivity contribution >= 4 is 11.9 Å². The Morgan fingerprint density at radius 3 is 2.52 bits per heavy atom. The van der Waals surface area contributed by atoms with E-state index >= 15 is 0 Å². The SMILES string of the molecule is CCOC(=O)/C=C1\C[C@H](c2ccccc2)C=C(C(=O)OC(C)(C)C)O1. The highest BCUT2D eigenvalue weighted by molar-refractivity contribution is 5.88. The zero-order chi connectivity index (χ0) is 18.4. The maximum absolute atomic E-state index is 12.4. The van der Waals surface area contributed by atoms with Gasteiger partial charge in [-0.2, -0.15) is 0 Å². The number of benzene rings is 1. The van der Waals surface area contributed by atoms with Crippen LogP contribution in [0.25, 0.3) is 0 Å². The molecule has 1 aromatic carbocycles. The van der Waals surface area contributed by atoms with E-state index in [0.29, 0.717) is 12.2 Å². The molecule has 0 N–H and O–H groups in total. The minimum atomic E-state index is -0.633. The Hall–Kier alpha value is -2.56. The molecule has 0 unspecified atom stereocenters. The molecule has 1 aromatic rings. The Morgan fingerprint density at radius 2 is 1.92 bits per heavy atom. The number of rotatable bonds is 4. The summed E-state index contributed by atoms with van der Waals surface area (Å²) in [6, 6.07) is 9.74. The third-order valence-corrected chi connectivity index (χ3v) is 3.41. The van der Waals surface area contributed by atoms with Crippen LogP contribution in [-0.2, 0) is 23.8 Å². The molecule has 5 nitrogen and oxygen atoms in total. The van der Waals surface area contributed by atoms with E-state index < -0.39 is 17.5 Å². The highest BCUT2D eigenvalue weighted by atomic mass is 16.6. The first-order valence-electron chi connectivity index (χ1n) is 8.34. The minimum absolute atomic E-state index is 0.0851. The van der Waals surface area contributed by atoms with Gasteiger partial charge < -0.3 is 14.2 Å². The predicted octanol–water partition coefficient (Wildman–Crippen LogP) is 3.86. The number of ether oxygens (including phenoxy) is 3. The van der Waals surface area contributed by atoms with E-state index in [0.717, 1.165) is 5.56 Å². The quantitative estimate of drug-likeness (QED) is 0.613. The Balaban J connectivity index is 2.30. The summed E-state index contributed by atoms with van der Waals surface area (Å²) < 4.78 is 15.9. The summed E-state index contributed by atoms with van der Waals surface area (Å²) in [5, 5.41) is 0. The lowest BCUT2D eigenvalue weighted by atomic mass is 9.92. The molecule has 0 amide bonds. The zero-order valence-electron chi connectivity index (χ0n) is 15.1. The van der Waals surface area contributed by atoms with Gasteiger partial charge in [-0.05, 0) is 39.3 Å². The Morgan fingerprint density at radius 1 is 1.24 bits per heavy atom. The average Bonchev–Trinajstić information content (AvgIpc) is 2.54. The second-order valence-electron chi connectivity index (χ2n) is 6.72. The molecule has 0 aromatic heterocycles. The molecule has 2 rings (SSSR count). The van der Waals surface area contributed by atoms with Crippen LogP contribution in [-0.4, -0.2) is 24.1 Å². The van der Waals surface area contributed by atoms with Gasteiger partial charge in [0, 0.05) is 12.3 Å².